The molecule has 3 rings (SSSR count). The third kappa shape index (κ3) is 5.64. The van der Waals surface area contributed by atoms with Gasteiger partial charge in [-0.1, -0.05) is 6.07 Å². The standard InChI is InChI=1S/C24H33F2N3O2S/c1-16(2)31-22(30)28-21(26)24(11-10-19-8-9-20(25)32-19)12-13-29(15-24)23(4,5)18-7-6-17(3)27-14-18/h6-9,14,16,21H,10-13,15H2,1-5H3,(H,28,30)/t21-,24-/m1/s1. The molecule has 0 unspecified atom stereocenters. The van der Waals surface area contributed by atoms with E-state index in [1.165, 1.54) is 6.07 Å². The normalized spacial score (nSPS) is 20.5. The second-order valence-electron chi connectivity index (χ2n) is 9.45. The number of nitrogens with one attached hydrogen (secondary N) is 1. The largest absolute Gasteiger partial charge is 0.447 e. The molecular formula is C24H33F2N3O2S. The van der Waals surface area contributed by atoms with Gasteiger partial charge >= 0.3 is 6.09 Å². The van der Waals surface area contributed by atoms with Gasteiger partial charge in [-0.05, 0) is 84.2 Å². The minimum absolute atomic E-state index is 0.245. The number of pyridine rings is 1. The van der Waals surface area contributed by atoms with Gasteiger partial charge in [-0.25, -0.2) is 9.18 Å². The highest BCUT2D eigenvalue weighted by molar-refractivity contribution is 7.10. The molecule has 0 radical (unpaired) electrons. The second kappa shape index (κ2) is 9.83. The first-order valence-electron chi connectivity index (χ1n) is 11.1. The summed E-state index contributed by atoms with van der Waals surface area (Å²) in [6.07, 6.45) is 0.831. The van der Waals surface area contributed by atoms with E-state index in [-0.39, 0.29) is 16.8 Å². The van der Waals surface area contributed by atoms with Gasteiger partial charge < -0.3 is 4.74 Å². The SMILES string of the molecule is Cc1ccc(C(C)(C)N2CC[C@@](CCc3ccc(F)s3)([C@H](F)NC(=O)OC(C)C)C2)cn1. The molecule has 0 saturated carbocycles. The summed E-state index contributed by atoms with van der Waals surface area (Å²) in [6.45, 7) is 10.8. The maximum Gasteiger partial charge on any atom is 0.409 e. The summed E-state index contributed by atoms with van der Waals surface area (Å²) in [5, 5.41) is 2.17. The van der Waals surface area contributed by atoms with Crippen molar-refractivity contribution in [2.45, 2.75) is 71.8 Å². The van der Waals surface area contributed by atoms with Gasteiger partial charge in [0.25, 0.3) is 0 Å². The fraction of sp³-hybridized carbons (Fsp3) is 0.583. The van der Waals surface area contributed by atoms with Crippen LogP contribution in [0.25, 0.3) is 0 Å². The van der Waals surface area contributed by atoms with Crippen LogP contribution >= 0.6 is 11.3 Å². The number of rotatable bonds is 8. The van der Waals surface area contributed by atoms with Crippen molar-refractivity contribution in [3.8, 4) is 0 Å². The van der Waals surface area contributed by atoms with Crippen LogP contribution in [0.15, 0.2) is 30.5 Å². The van der Waals surface area contributed by atoms with Crippen LogP contribution in [0, 0.1) is 17.5 Å². The highest BCUT2D eigenvalue weighted by Gasteiger charge is 2.49. The molecule has 0 bridgehead atoms. The minimum Gasteiger partial charge on any atom is -0.447 e. The molecule has 1 aliphatic heterocycles. The lowest BCUT2D eigenvalue weighted by Crippen LogP contribution is -2.49. The molecule has 3 heterocycles. The number of aromatic nitrogens is 1. The highest BCUT2D eigenvalue weighted by Crippen LogP contribution is 2.44. The van der Waals surface area contributed by atoms with Gasteiger partial charge in [0.05, 0.1) is 6.10 Å². The molecule has 1 saturated heterocycles. The number of halogens is 2. The Morgan fingerprint density at radius 1 is 1.34 bits per heavy atom. The fourth-order valence-corrected chi connectivity index (χ4v) is 5.01. The number of hydrogen-bond donors (Lipinski definition) is 1. The van der Waals surface area contributed by atoms with E-state index >= 15 is 4.39 Å². The molecule has 176 valence electrons. The number of alkyl halides is 1. The average Bonchev–Trinajstić information content (AvgIpc) is 3.33. The van der Waals surface area contributed by atoms with E-state index < -0.39 is 17.8 Å². The third-order valence-corrected chi connectivity index (χ3v) is 7.35. The van der Waals surface area contributed by atoms with Crippen molar-refractivity contribution >= 4 is 17.4 Å². The Kier molecular flexibility index (Phi) is 7.55. The molecule has 1 fully saturated rings. The molecule has 32 heavy (non-hydrogen) atoms. The number of ether oxygens (including phenoxy) is 1. The number of amides is 1. The zero-order valence-corrected chi connectivity index (χ0v) is 20.3. The highest BCUT2D eigenvalue weighted by atomic mass is 32.1. The van der Waals surface area contributed by atoms with Crippen molar-refractivity contribution in [3.05, 3.63) is 51.7 Å². The van der Waals surface area contributed by atoms with Crippen molar-refractivity contribution in [2.75, 3.05) is 13.1 Å². The number of thiophene rings is 1. The van der Waals surface area contributed by atoms with Gasteiger partial charge in [0.1, 0.15) is 0 Å². The lowest BCUT2D eigenvalue weighted by molar-refractivity contribution is 0.0406. The van der Waals surface area contributed by atoms with Gasteiger partial charge in [0, 0.05) is 34.3 Å². The number of carbonyl (C=O) groups is 1. The van der Waals surface area contributed by atoms with E-state index in [0.29, 0.717) is 32.4 Å². The maximum absolute atomic E-state index is 15.7. The number of hydrogen-bond acceptors (Lipinski definition) is 5. The number of nitrogens with zero attached hydrogens (tertiary/aromatic N) is 2. The van der Waals surface area contributed by atoms with Crippen LogP contribution in [0.1, 0.15) is 56.7 Å². The van der Waals surface area contributed by atoms with Gasteiger partial charge in [0.2, 0.25) is 0 Å². The van der Waals surface area contributed by atoms with Crippen LogP contribution in [0.4, 0.5) is 13.6 Å². The van der Waals surface area contributed by atoms with Gasteiger partial charge in [-0.15, -0.1) is 11.3 Å². The Morgan fingerprint density at radius 3 is 2.69 bits per heavy atom. The van der Waals surface area contributed by atoms with Crippen LogP contribution in [0.5, 0.6) is 0 Å². The van der Waals surface area contributed by atoms with Gasteiger partial charge in [0.15, 0.2) is 11.4 Å². The number of aryl methyl sites for hydroxylation is 2. The third-order valence-electron chi connectivity index (χ3n) is 6.42. The Bertz CT molecular complexity index is 916. The quantitative estimate of drug-likeness (QED) is 0.517. The average molecular weight is 466 g/mol. The lowest BCUT2D eigenvalue weighted by Gasteiger charge is -2.39. The minimum atomic E-state index is -1.57. The fourth-order valence-electron chi connectivity index (χ4n) is 4.29. The van der Waals surface area contributed by atoms with E-state index in [1.807, 2.05) is 19.2 Å². The van der Waals surface area contributed by atoms with E-state index in [2.05, 4.69) is 35.1 Å². The topological polar surface area (TPSA) is 54.5 Å². The smallest absolute Gasteiger partial charge is 0.409 e. The summed E-state index contributed by atoms with van der Waals surface area (Å²) < 4.78 is 34.2. The van der Waals surface area contributed by atoms with Crippen LogP contribution in [0.3, 0.4) is 0 Å². The first kappa shape index (κ1) is 24.6. The Morgan fingerprint density at radius 2 is 2.09 bits per heavy atom. The Hall–Kier alpha value is -2.06. The van der Waals surface area contributed by atoms with E-state index in [0.717, 1.165) is 27.5 Å². The lowest BCUT2D eigenvalue weighted by atomic mass is 9.80. The van der Waals surface area contributed by atoms with Crippen LogP contribution in [-0.2, 0) is 16.7 Å². The zero-order valence-electron chi connectivity index (χ0n) is 19.5. The molecule has 1 N–H and O–H groups in total. The number of carbonyl (C=O) groups excluding carboxylic acids is 1. The predicted octanol–water partition coefficient (Wildman–Crippen LogP) is 5.58. The summed E-state index contributed by atoms with van der Waals surface area (Å²) in [4.78, 5) is 19.7. The number of likely N-dealkylation sites (tertiary alicyclic amines) is 1. The Labute approximate surface area is 193 Å². The van der Waals surface area contributed by atoms with Crippen LogP contribution in [0.2, 0.25) is 0 Å². The second-order valence-corrected chi connectivity index (χ2v) is 10.6. The van der Waals surface area contributed by atoms with Crippen molar-refractivity contribution in [1.29, 1.82) is 0 Å². The van der Waals surface area contributed by atoms with Crippen molar-refractivity contribution in [3.63, 3.8) is 0 Å². The van der Waals surface area contributed by atoms with Crippen LogP contribution < -0.4 is 5.32 Å². The molecular weight excluding hydrogens is 432 g/mol. The summed E-state index contributed by atoms with van der Waals surface area (Å²) in [7, 11) is 0. The molecule has 0 spiro atoms. The molecule has 2 atom stereocenters. The van der Waals surface area contributed by atoms with Crippen molar-refractivity contribution < 1.29 is 18.3 Å². The molecule has 8 heteroatoms. The Balaban J connectivity index is 1.80. The molecule has 0 aliphatic carbocycles. The van der Waals surface area contributed by atoms with Gasteiger partial charge in [-0.2, -0.15) is 4.39 Å². The van der Waals surface area contributed by atoms with E-state index in [4.69, 9.17) is 4.74 Å². The monoisotopic (exact) mass is 465 g/mol. The molecule has 2 aromatic rings. The molecule has 2 aromatic heterocycles. The van der Waals surface area contributed by atoms with Crippen LogP contribution in [-0.4, -0.2) is 41.5 Å². The summed E-state index contributed by atoms with van der Waals surface area (Å²) in [5.74, 6) is 0. The van der Waals surface area contributed by atoms with E-state index in [9.17, 15) is 9.18 Å². The zero-order chi connectivity index (χ0) is 23.5. The number of alkyl carbamates (subject to hydrolysis) is 1. The maximum atomic E-state index is 15.7. The molecule has 1 amide bonds. The van der Waals surface area contributed by atoms with Crippen molar-refractivity contribution in [2.24, 2.45) is 5.41 Å². The predicted molar refractivity (Wildman–Crippen MR) is 123 cm³/mol. The summed E-state index contributed by atoms with van der Waals surface area (Å²) in [5.41, 5.74) is 0.851. The first-order chi connectivity index (χ1) is 15.0. The first-order valence-corrected chi connectivity index (χ1v) is 11.9. The van der Waals surface area contributed by atoms with E-state index in [1.54, 1.807) is 19.9 Å². The van der Waals surface area contributed by atoms with Gasteiger partial charge in [-0.3, -0.25) is 15.2 Å². The molecule has 1 aliphatic rings. The van der Waals surface area contributed by atoms with Crippen molar-refractivity contribution in [1.82, 2.24) is 15.2 Å². The molecule has 5 nitrogen and oxygen atoms in total. The summed E-state index contributed by atoms with van der Waals surface area (Å²) >= 11 is 1.09. The summed E-state index contributed by atoms with van der Waals surface area (Å²) in [6, 6.07) is 7.22. The molecule has 0 aromatic carbocycles.